The summed E-state index contributed by atoms with van der Waals surface area (Å²) in [6, 6.07) is 0. The van der Waals surface area contributed by atoms with Gasteiger partial charge in [0.25, 0.3) is 0 Å². The van der Waals surface area contributed by atoms with Gasteiger partial charge in [-0.25, -0.2) is 0 Å². The number of esters is 1. The molecular weight excluding hydrogens is 220 g/mol. The molecule has 0 bridgehead atoms. The lowest BCUT2D eigenvalue weighted by molar-refractivity contribution is -0.150. The van der Waals surface area contributed by atoms with Gasteiger partial charge >= 0.3 is 5.97 Å². The van der Waals surface area contributed by atoms with Crippen molar-refractivity contribution in [3.63, 3.8) is 0 Å². The summed E-state index contributed by atoms with van der Waals surface area (Å²) < 4.78 is 10.2. The quantitative estimate of drug-likeness (QED) is 0.670. The molecule has 0 spiro atoms. The molecule has 98 valence electrons. The largest absolute Gasteiger partial charge is 0.466 e. The lowest BCUT2D eigenvalue weighted by Gasteiger charge is -2.34. The van der Waals surface area contributed by atoms with Crippen molar-refractivity contribution in [1.29, 1.82) is 0 Å². The Morgan fingerprint density at radius 2 is 1.76 bits per heavy atom. The summed E-state index contributed by atoms with van der Waals surface area (Å²) in [4.78, 5) is 23.3. The fourth-order valence-electron chi connectivity index (χ4n) is 2.40. The first-order valence-corrected chi connectivity index (χ1v) is 6.38. The van der Waals surface area contributed by atoms with Gasteiger partial charge in [-0.2, -0.15) is 0 Å². The molecule has 0 N–H and O–H groups in total. The molecule has 1 fully saturated rings. The first kappa shape index (κ1) is 14.2. The first-order chi connectivity index (χ1) is 8.14. The zero-order valence-corrected chi connectivity index (χ0v) is 10.8. The molecule has 0 aromatic heterocycles. The van der Waals surface area contributed by atoms with E-state index in [9.17, 15) is 9.59 Å². The normalized spacial score (nSPS) is 18.7. The lowest BCUT2D eigenvalue weighted by atomic mass is 9.80. The molecule has 4 nitrogen and oxygen atoms in total. The van der Waals surface area contributed by atoms with Crippen LogP contribution in [0.25, 0.3) is 0 Å². The molecule has 0 radical (unpaired) electrons. The number of hydrogen-bond acceptors (Lipinski definition) is 4. The second-order valence-corrected chi connectivity index (χ2v) is 4.49. The van der Waals surface area contributed by atoms with Gasteiger partial charge in [0, 0.05) is 13.5 Å². The number of rotatable bonds is 6. The third kappa shape index (κ3) is 3.80. The minimum Gasteiger partial charge on any atom is -0.466 e. The number of carbonyl (C=O) groups excluding carboxylic acids is 2. The van der Waals surface area contributed by atoms with Gasteiger partial charge in [-0.15, -0.1) is 0 Å². The molecular formula is C13H22O4. The van der Waals surface area contributed by atoms with E-state index in [0.29, 0.717) is 6.61 Å². The van der Waals surface area contributed by atoms with Crippen LogP contribution in [0, 0.1) is 0 Å². The Morgan fingerprint density at radius 1 is 1.12 bits per heavy atom. The third-order valence-electron chi connectivity index (χ3n) is 3.42. The van der Waals surface area contributed by atoms with Gasteiger partial charge in [0.1, 0.15) is 5.60 Å². The fourth-order valence-corrected chi connectivity index (χ4v) is 2.40. The summed E-state index contributed by atoms with van der Waals surface area (Å²) >= 11 is 0. The Labute approximate surface area is 103 Å². The fraction of sp³-hybridized carbons (Fsp3) is 0.846. The Morgan fingerprint density at radius 3 is 2.29 bits per heavy atom. The van der Waals surface area contributed by atoms with Crippen molar-refractivity contribution in [2.24, 2.45) is 0 Å². The van der Waals surface area contributed by atoms with E-state index in [-0.39, 0.29) is 24.6 Å². The van der Waals surface area contributed by atoms with E-state index in [0.717, 1.165) is 32.1 Å². The van der Waals surface area contributed by atoms with Crippen LogP contribution in [0.5, 0.6) is 0 Å². The summed E-state index contributed by atoms with van der Waals surface area (Å²) in [6.07, 6.45) is 5.18. The van der Waals surface area contributed by atoms with Crippen molar-refractivity contribution < 1.29 is 19.1 Å². The standard InChI is InChI=1S/C13H22O4/c1-3-17-12(15)8-7-11(14)13(16-2)9-5-4-6-10-13/h3-10H2,1-2H3. The summed E-state index contributed by atoms with van der Waals surface area (Å²) in [6.45, 7) is 2.12. The van der Waals surface area contributed by atoms with Crippen molar-refractivity contribution in [3.05, 3.63) is 0 Å². The topological polar surface area (TPSA) is 52.6 Å². The Balaban J connectivity index is 2.46. The van der Waals surface area contributed by atoms with Gasteiger partial charge in [-0.1, -0.05) is 19.3 Å². The van der Waals surface area contributed by atoms with Crippen molar-refractivity contribution >= 4 is 11.8 Å². The number of methoxy groups -OCH3 is 1. The number of Topliss-reactive ketones (excluding diaryl/α,β-unsaturated/α-hetero) is 1. The SMILES string of the molecule is CCOC(=O)CCC(=O)C1(OC)CCCCC1. The van der Waals surface area contributed by atoms with Crippen molar-refractivity contribution in [2.75, 3.05) is 13.7 Å². The lowest BCUT2D eigenvalue weighted by Crippen LogP contribution is -2.42. The molecule has 0 atom stereocenters. The average molecular weight is 242 g/mol. The predicted octanol–water partition coefficient (Wildman–Crippen LogP) is 2.25. The van der Waals surface area contributed by atoms with Crippen LogP contribution >= 0.6 is 0 Å². The Kier molecular flexibility index (Phi) is 5.62. The van der Waals surface area contributed by atoms with Crippen LogP contribution in [-0.4, -0.2) is 31.1 Å². The number of ether oxygens (including phenoxy) is 2. The van der Waals surface area contributed by atoms with E-state index < -0.39 is 5.60 Å². The van der Waals surface area contributed by atoms with E-state index in [1.165, 1.54) is 0 Å². The summed E-state index contributed by atoms with van der Waals surface area (Å²) in [7, 11) is 1.59. The third-order valence-corrected chi connectivity index (χ3v) is 3.42. The highest BCUT2D eigenvalue weighted by Gasteiger charge is 2.38. The van der Waals surface area contributed by atoms with Gasteiger partial charge in [0.15, 0.2) is 5.78 Å². The van der Waals surface area contributed by atoms with Crippen LogP contribution in [0.1, 0.15) is 51.9 Å². The van der Waals surface area contributed by atoms with Crippen LogP contribution in [-0.2, 0) is 19.1 Å². The molecule has 1 aliphatic carbocycles. The monoisotopic (exact) mass is 242 g/mol. The zero-order valence-electron chi connectivity index (χ0n) is 10.8. The van der Waals surface area contributed by atoms with Crippen LogP contribution in [0.15, 0.2) is 0 Å². The molecule has 1 saturated carbocycles. The van der Waals surface area contributed by atoms with Gasteiger partial charge in [-0.05, 0) is 19.8 Å². The molecule has 0 aromatic carbocycles. The maximum Gasteiger partial charge on any atom is 0.306 e. The number of ketones is 1. The summed E-state index contributed by atoms with van der Waals surface area (Å²) in [5, 5.41) is 0. The van der Waals surface area contributed by atoms with Gasteiger partial charge in [-0.3, -0.25) is 9.59 Å². The van der Waals surface area contributed by atoms with Crippen molar-refractivity contribution in [2.45, 2.75) is 57.5 Å². The van der Waals surface area contributed by atoms with E-state index in [1.54, 1.807) is 14.0 Å². The van der Waals surface area contributed by atoms with Crippen molar-refractivity contribution in [1.82, 2.24) is 0 Å². The maximum absolute atomic E-state index is 12.1. The smallest absolute Gasteiger partial charge is 0.306 e. The van der Waals surface area contributed by atoms with Gasteiger partial charge in [0.05, 0.1) is 13.0 Å². The van der Waals surface area contributed by atoms with Crippen molar-refractivity contribution in [3.8, 4) is 0 Å². The number of hydrogen-bond donors (Lipinski definition) is 0. The highest BCUT2D eigenvalue weighted by Crippen LogP contribution is 2.33. The van der Waals surface area contributed by atoms with E-state index in [4.69, 9.17) is 9.47 Å². The summed E-state index contributed by atoms with van der Waals surface area (Å²) in [5.74, 6) is -0.254. The molecule has 0 aliphatic heterocycles. The van der Waals surface area contributed by atoms with Crippen LogP contribution in [0.2, 0.25) is 0 Å². The molecule has 0 unspecified atom stereocenters. The average Bonchev–Trinajstić information content (AvgIpc) is 2.37. The Hall–Kier alpha value is -0.900. The number of carbonyl (C=O) groups is 2. The second-order valence-electron chi connectivity index (χ2n) is 4.49. The first-order valence-electron chi connectivity index (χ1n) is 6.38. The van der Waals surface area contributed by atoms with Crippen LogP contribution < -0.4 is 0 Å². The second kappa shape index (κ2) is 6.74. The van der Waals surface area contributed by atoms with Gasteiger partial charge < -0.3 is 9.47 Å². The zero-order chi connectivity index (χ0) is 12.7. The molecule has 17 heavy (non-hydrogen) atoms. The minimum atomic E-state index is -0.634. The molecule has 0 aromatic rings. The predicted molar refractivity (Wildman–Crippen MR) is 63.7 cm³/mol. The maximum atomic E-state index is 12.1. The highest BCUT2D eigenvalue weighted by molar-refractivity contribution is 5.89. The molecule has 0 amide bonds. The Bertz CT molecular complexity index is 267. The molecule has 0 heterocycles. The van der Waals surface area contributed by atoms with Gasteiger partial charge in [0.2, 0.25) is 0 Å². The van der Waals surface area contributed by atoms with Crippen LogP contribution in [0.4, 0.5) is 0 Å². The molecule has 0 saturated heterocycles. The molecule has 4 heteroatoms. The molecule has 1 aliphatic rings. The van der Waals surface area contributed by atoms with E-state index >= 15 is 0 Å². The van der Waals surface area contributed by atoms with E-state index in [1.807, 2.05) is 0 Å². The summed E-state index contributed by atoms with van der Waals surface area (Å²) in [5.41, 5.74) is -0.634. The van der Waals surface area contributed by atoms with Crippen LogP contribution in [0.3, 0.4) is 0 Å². The van der Waals surface area contributed by atoms with E-state index in [2.05, 4.69) is 0 Å². The minimum absolute atomic E-state index is 0.0488. The highest BCUT2D eigenvalue weighted by atomic mass is 16.5. The molecule has 1 rings (SSSR count).